The van der Waals surface area contributed by atoms with Gasteiger partial charge in [0.05, 0.1) is 6.61 Å². The lowest BCUT2D eigenvalue weighted by atomic mass is 9.63. The molecule has 1 heterocycles. The Balaban J connectivity index is 1.77. The predicted octanol–water partition coefficient (Wildman–Crippen LogP) is 6.45. The zero-order valence-corrected chi connectivity index (χ0v) is 16.7. The molecule has 1 aliphatic rings. The number of rotatable bonds is 3. The van der Waals surface area contributed by atoms with Gasteiger partial charge < -0.3 is 9.52 Å². The summed E-state index contributed by atoms with van der Waals surface area (Å²) >= 11 is 0. The van der Waals surface area contributed by atoms with Gasteiger partial charge in [0, 0.05) is 11.1 Å². The highest BCUT2D eigenvalue weighted by Crippen LogP contribution is 2.47. The highest BCUT2D eigenvalue weighted by atomic mass is 16.3. The lowest BCUT2D eigenvalue weighted by Crippen LogP contribution is -2.33. The molecule has 0 aliphatic heterocycles. The van der Waals surface area contributed by atoms with Crippen molar-refractivity contribution >= 4 is 0 Å². The van der Waals surface area contributed by atoms with Crippen molar-refractivity contribution in [1.29, 1.82) is 0 Å². The molecule has 0 bridgehead atoms. The van der Waals surface area contributed by atoms with Crippen LogP contribution in [0.4, 0.5) is 0 Å². The Morgan fingerprint density at radius 1 is 0.815 bits per heavy atom. The van der Waals surface area contributed by atoms with E-state index in [-0.39, 0.29) is 17.4 Å². The summed E-state index contributed by atoms with van der Waals surface area (Å²) in [5.74, 6) is 1.67. The van der Waals surface area contributed by atoms with Gasteiger partial charge in [-0.2, -0.15) is 0 Å². The lowest BCUT2D eigenvalue weighted by Gasteiger charge is -2.42. The van der Waals surface area contributed by atoms with E-state index in [1.165, 1.54) is 24.0 Å². The Hall–Kier alpha value is -2.32. The Morgan fingerprint density at radius 2 is 1.48 bits per heavy atom. The smallest absolute Gasteiger partial charge is 0.135 e. The molecule has 140 valence electrons. The molecule has 1 aliphatic carbocycles. The van der Waals surface area contributed by atoms with Crippen LogP contribution in [0.25, 0.3) is 22.6 Å². The van der Waals surface area contributed by atoms with Gasteiger partial charge in [-0.3, -0.25) is 0 Å². The molecule has 0 saturated carbocycles. The van der Waals surface area contributed by atoms with E-state index in [4.69, 9.17) is 4.42 Å². The maximum atomic E-state index is 9.60. The highest BCUT2D eigenvalue weighted by molar-refractivity contribution is 5.68. The number of fused-ring (bicyclic) bond motifs is 1. The molecule has 0 fully saturated rings. The minimum atomic E-state index is 0.00826. The first-order valence-electron chi connectivity index (χ1n) is 9.76. The third kappa shape index (κ3) is 3.12. The number of hydrogen-bond acceptors (Lipinski definition) is 2. The van der Waals surface area contributed by atoms with Crippen LogP contribution in [0, 0.1) is 0 Å². The van der Waals surface area contributed by atoms with Gasteiger partial charge in [-0.1, -0.05) is 64.1 Å². The van der Waals surface area contributed by atoms with E-state index in [0.29, 0.717) is 0 Å². The molecule has 0 saturated heterocycles. The summed E-state index contributed by atoms with van der Waals surface area (Å²) in [6, 6.07) is 18.7. The van der Waals surface area contributed by atoms with Crippen molar-refractivity contribution in [2.75, 3.05) is 0 Å². The molecule has 2 heteroatoms. The maximum absolute atomic E-state index is 9.60. The Kier molecular flexibility index (Phi) is 4.27. The summed E-state index contributed by atoms with van der Waals surface area (Å²) in [6.45, 7) is 9.38. The van der Waals surface area contributed by atoms with Crippen LogP contribution >= 0.6 is 0 Å². The Bertz CT molecular complexity index is 975. The van der Waals surface area contributed by atoms with Crippen molar-refractivity contribution in [3.63, 3.8) is 0 Å². The van der Waals surface area contributed by atoms with Gasteiger partial charge in [-0.05, 0) is 58.6 Å². The number of hydrogen-bond donors (Lipinski definition) is 1. The van der Waals surface area contributed by atoms with Crippen LogP contribution in [-0.2, 0) is 17.4 Å². The number of aliphatic hydroxyl groups is 1. The third-order valence-electron chi connectivity index (χ3n) is 6.20. The van der Waals surface area contributed by atoms with Crippen LogP contribution in [0.1, 0.15) is 57.2 Å². The SMILES string of the molecule is CC1(C)CCC(C)(C)c2cc(-c3ccc(-c4ccccc4CO)o3)ccc21. The van der Waals surface area contributed by atoms with Gasteiger partial charge in [-0.15, -0.1) is 0 Å². The molecule has 2 nitrogen and oxygen atoms in total. The second-order valence-corrected chi connectivity index (χ2v) is 9.01. The van der Waals surface area contributed by atoms with Gasteiger partial charge in [0.15, 0.2) is 0 Å². The summed E-state index contributed by atoms with van der Waals surface area (Å²) in [7, 11) is 0. The average Bonchev–Trinajstić information content (AvgIpc) is 3.15. The standard InChI is InChI=1S/C25H28O2/c1-24(2)13-14-25(3,4)21-15-17(9-10-20(21)24)22-11-12-23(27-22)19-8-6-5-7-18(19)16-26/h5-12,15,26H,13-14,16H2,1-4H3. The second-order valence-electron chi connectivity index (χ2n) is 9.01. The summed E-state index contributed by atoms with van der Waals surface area (Å²) in [5, 5.41) is 9.60. The quantitative estimate of drug-likeness (QED) is 0.582. The fourth-order valence-corrected chi connectivity index (χ4v) is 4.28. The van der Waals surface area contributed by atoms with E-state index < -0.39 is 0 Å². The monoisotopic (exact) mass is 360 g/mol. The second kappa shape index (κ2) is 6.38. The zero-order valence-electron chi connectivity index (χ0n) is 16.7. The molecule has 27 heavy (non-hydrogen) atoms. The van der Waals surface area contributed by atoms with E-state index in [1.54, 1.807) is 0 Å². The fraction of sp³-hybridized carbons (Fsp3) is 0.360. The van der Waals surface area contributed by atoms with Gasteiger partial charge in [-0.25, -0.2) is 0 Å². The van der Waals surface area contributed by atoms with Gasteiger partial charge in [0.2, 0.25) is 0 Å². The molecule has 1 aromatic heterocycles. The molecular formula is C25H28O2. The number of aliphatic hydroxyl groups excluding tert-OH is 1. The van der Waals surface area contributed by atoms with Crippen LogP contribution in [0.15, 0.2) is 59.0 Å². The summed E-state index contributed by atoms with van der Waals surface area (Å²) in [4.78, 5) is 0. The Labute approximate surface area is 161 Å². The van der Waals surface area contributed by atoms with Gasteiger partial charge in [0.25, 0.3) is 0 Å². The zero-order chi connectivity index (χ0) is 19.2. The van der Waals surface area contributed by atoms with Crippen molar-refractivity contribution < 1.29 is 9.52 Å². The normalized spacial score (nSPS) is 17.5. The van der Waals surface area contributed by atoms with Crippen LogP contribution in [0.2, 0.25) is 0 Å². The van der Waals surface area contributed by atoms with E-state index in [9.17, 15) is 5.11 Å². The lowest BCUT2D eigenvalue weighted by molar-refractivity contribution is 0.282. The molecule has 0 unspecified atom stereocenters. The fourth-order valence-electron chi connectivity index (χ4n) is 4.28. The first kappa shape index (κ1) is 18.1. The van der Waals surface area contributed by atoms with E-state index in [0.717, 1.165) is 28.2 Å². The van der Waals surface area contributed by atoms with Crippen LogP contribution in [0.5, 0.6) is 0 Å². The largest absolute Gasteiger partial charge is 0.456 e. The van der Waals surface area contributed by atoms with E-state index in [1.807, 2.05) is 36.4 Å². The molecule has 0 spiro atoms. The number of benzene rings is 2. The Morgan fingerprint density at radius 3 is 2.22 bits per heavy atom. The molecule has 0 radical (unpaired) electrons. The first-order chi connectivity index (χ1) is 12.8. The average molecular weight is 360 g/mol. The van der Waals surface area contributed by atoms with Crippen molar-refractivity contribution in [3.8, 4) is 22.6 Å². The molecule has 4 rings (SSSR count). The maximum Gasteiger partial charge on any atom is 0.135 e. The molecular weight excluding hydrogens is 332 g/mol. The van der Waals surface area contributed by atoms with Gasteiger partial charge in [0.1, 0.15) is 11.5 Å². The minimum absolute atomic E-state index is 0.00826. The summed E-state index contributed by atoms with van der Waals surface area (Å²) < 4.78 is 6.20. The molecule has 3 aromatic rings. The predicted molar refractivity (Wildman–Crippen MR) is 111 cm³/mol. The molecule has 2 aromatic carbocycles. The molecule has 0 amide bonds. The minimum Gasteiger partial charge on any atom is -0.456 e. The van der Waals surface area contributed by atoms with Crippen molar-refractivity contribution in [3.05, 3.63) is 71.3 Å². The van der Waals surface area contributed by atoms with Gasteiger partial charge >= 0.3 is 0 Å². The molecule has 1 N–H and O–H groups in total. The van der Waals surface area contributed by atoms with Crippen molar-refractivity contribution in [2.45, 2.75) is 58.0 Å². The van der Waals surface area contributed by atoms with Crippen LogP contribution in [0.3, 0.4) is 0 Å². The third-order valence-corrected chi connectivity index (χ3v) is 6.20. The molecule has 0 atom stereocenters. The highest BCUT2D eigenvalue weighted by Gasteiger charge is 2.37. The topological polar surface area (TPSA) is 33.4 Å². The summed E-state index contributed by atoms with van der Waals surface area (Å²) in [5.41, 5.74) is 6.24. The van der Waals surface area contributed by atoms with Crippen molar-refractivity contribution in [2.24, 2.45) is 0 Å². The van der Waals surface area contributed by atoms with Crippen LogP contribution in [-0.4, -0.2) is 5.11 Å². The van der Waals surface area contributed by atoms with Crippen LogP contribution < -0.4 is 0 Å². The first-order valence-corrected chi connectivity index (χ1v) is 9.76. The van der Waals surface area contributed by atoms with E-state index >= 15 is 0 Å². The van der Waals surface area contributed by atoms with Crippen molar-refractivity contribution in [1.82, 2.24) is 0 Å². The number of furan rings is 1. The van der Waals surface area contributed by atoms with E-state index in [2.05, 4.69) is 45.9 Å². The summed E-state index contributed by atoms with van der Waals surface area (Å²) in [6.07, 6.45) is 2.42.